The first-order chi connectivity index (χ1) is 15.7. The number of likely N-dealkylation sites (tertiary alicyclic amines) is 1. The van der Waals surface area contributed by atoms with Gasteiger partial charge >= 0.3 is 12.1 Å². The number of hydrogen-bond donors (Lipinski definition) is 3. The van der Waals surface area contributed by atoms with Crippen molar-refractivity contribution in [3.8, 4) is 0 Å². The molecule has 2 aromatic carbocycles. The number of Topliss-reactive ketones (excluding diaryl/α,β-unsaturated/α-hetero) is 1. The molecule has 0 spiro atoms. The largest absolute Gasteiger partial charge is 0.351 e. The molecule has 1 aliphatic heterocycles. The Labute approximate surface area is 196 Å². The number of para-hydroxylation sites is 1. The van der Waals surface area contributed by atoms with Crippen LogP contribution >= 0.6 is 11.6 Å². The highest BCUT2D eigenvalue weighted by Crippen LogP contribution is 2.29. The summed E-state index contributed by atoms with van der Waals surface area (Å²) in [6.45, 7) is 2.23. The van der Waals surface area contributed by atoms with Crippen LogP contribution in [-0.2, 0) is 4.79 Å². The van der Waals surface area contributed by atoms with E-state index < -0.39 is 18.1 Å². The molecule has 0 aliphatic carbocycles. The van der Waals surface area contributed by atoms with E-state index in [4.69, 9.17) is 23.1 Å². The van der Waals surface area contributed by atoms with Crippen molar-refractivity contribution < 1.29 is 14.4 Å². The molecule has 0 saturated carbocycles. The molecule has 5 N–H and O–H groups in total. The molecular formula is C24H26ClN5O3. The number of nitrogens with two attached hydrogens (primary N) is 2. The highest BCUT2D eigenvalue weighted by molar-refractivity contribution is 6.30. The molecule has 1 saturated heterocycles. The maximum Gasteiger partial charge on any atom is 0.323 e. The average molecular weight is 468 g/mol. The molecule has 1 fully saturated rings. The van der Waals surface area contributed by atoms with E-state index in [0.717, 1.165) is 5.56 Å². The normalized spacial score (nSPS) is 18.9. The monoisotopic (exact) mass is 467 g/mol. The molecule has 0 radical (unpaired) electrons. The van der Waals surface area contributed by atoms with Crippen molar-refractivity contribution >= 4 is 46.0 Å². The van der Waals surface area contributed by atoms with Crippen molar-refractivity contribution in [3.63, 3.8) is 0 Å². The van der Waals surface area contributed by atoms with E-state index in [2.05, 4.69) is 5.32 Å². The molecule has 33 heavy (non-hydrogen) atoms. The number of nitrogens with zero attached hydrogens (tertiary/aromatic N) is 2. The molecule has 9 heteroatoms. The zero-order valence-corrected chi connectivity index (χ0v) is 19.0. The molecule has 3 atom stereocenters. The lowest BCUT2D eigenvalue weighted by molar-refractivity contribution is -0.122. The standard InChI is InChI=1S/C24H26ClN5O3/c1-14(15-5-4-6-16(25)10-15)9-22(31)21-11-17(26)12-30(21)24(33)28-19-13-29(23(27)32)20-8-3-2-7-18(19)20/h2-8,10,13-14,17,21H,9,11-12,26H2,1H3,(H2,27,32)(H,28,33)/t14-,17-,21-/m0/s1. The van der Waals surface area contributed by atoms with Crippen LogP contribution in [0.1, 0.15) is 31.2 Å². The first kappa shape index (κ1) is 22.8. The van der Waals surface area contributed by atoms with Gasteiger partial charge in [0.05, 0.1) is 17.2 Å². The number of fused-ring (bicyclic) bond motifs is 1. The van der Waals surface area contributed by atoms with E-state index in [0.29, 0.717) is 28.0 Å². The maximum absolute atomic E-state index is 13.2. The Bertz CT molecular complexity index is 1220. The van der Waals surface area contributed by atoms with Gasteiger partial charge in [-0.1, -0.05) is 48.9 Å². The molecular weight excluding hydrogens is 442 g/mol. The van der Waals surface area contributed by atoms with E-state index in [1.807, 2.05) is 25.1 Å². The molecule has 4 rings (SSSR count). The molecule has 8 nitrogen and oxygen atoms in total. The van der Waals surface area contributed by atoms with Crippen LogP contribution in [0.25, 0.3) is 10.9 Å². The summed E-state index contributed by atoms with van der Waals surface area (Å²) in [5.41, 5.74) is 13.6. The Morgan fingerprint density at radius 3 is 2.67 bits per heavy atom. The topological polar surface area (TPSA) is 123 Å². The Kier molecular flexibility index (Phi) is 6.40. The lowest BCUT2D eigenvalue weighted by Crippen LogP contribution is -2.43. The number of hydrogen-bond acceptors (Lipinski definition) is 4. The van der Waals surface area contributed by atoms with Crippen molar-refractivity contribution in [1.29, 1.82) is 0 Å². The molecule has 3 aromatic rings. The number of halogens is 1. The summed E-state index contributed by atoms with van der Waals surface area (Å²) in [6.07, 6.45) is 2.15. The van der Waals surface area contributed by atoms with Gasteiger partial charge in [-0.3, -0.25) is 9.36 Å². The Balaban J connectivity index is 1.52. The summed E-state index contributed by atoms with van der Waals surface area (Å²) < 4.78 is 1.27. The van der Waals surface area contributed by atoms with Crippen LogP contribution in [0.15, 0.2) is 54.7 Å². The van der Waals surface area contributed by atoms with Gasteiger partial charge < -0.3 is 21.7 Å². The van der Waals surface area contributed by atoms with Crippen LogP contribution in [0.3, 0.4) is 0 Å². The molecule has 172 valence electrons. The number of nitrogens with one attached hydrogen (secondary N) is 1. The van der Waals surface area contributed by atoms with E-state index in [1.54, 1.807) is 30.3 Å². The number of benzene rings is 2. The van der Waals surface area contributed by atoms with Crippen molar-refractivity contribution in [3.05, 3.63) is 65.3 Å². The van der Waals surface area contributed by atoms with Gasteiger partial charge in [-0.25, -0.2) is 9.59 Å². The SMILES string of the molecule is C[C@@H](CC(=O)[C@@H]1C[C@H](N)CN1C(=O)Nc1cn(C(N)=O)c2ccccc12)c1cccc(Cl)c1. The summed E-state index contributed by atoms with van der Waals surface area (Å²) >= 11 is 6.08. The minimum atomic E-state index is -0.655. The summed E-state index contributed by atoms with van der Waals surface area (Å²) in [5, 5.41) is 4.12. The zero-order valence-electron chi connectivity index (χ0n) is 18.2. The van der Waals surface area contributed by atoms with Gasteiger partial charge in [0.15, 0.2) is 5.78 Å². The number of carbonyl (C=O) groups excluding carboxylic acids is 3. The van der Waals surface area contributed by atoms with Gasteiger partial charge in [0.1, 0.15) is 0 Å². The Morgan fingerprint density at radius 1 is 1.18 bits per heavy atom. The van der Waals surface area contributed by atoms with E-state index in [-0.39, 0.29) is 30.7 Å². The third kappa shape index (κ3) is 4.72. The van der Waals surface area contributed by atoms with Crippen molar-refractivity contribution in [2.45, 2.75) is 37.8 Å². The first-order valence-electron chi connectivity index (χ1n) is 10.8. The van der Waals surface area contributed by atoms with Crippen LogP contribution in [0, 0.1) is 0 Å². The summed E-state index contributed by atoms with van der Waals surface area (Å²) in [6, 6.07) is 12.5. The van der Waals surface area contributed by atoms with Crippen LogP contribution in [-0.4, -0.2) is 45.9 Å². The fourth-order valence-corrected chi connectivity index (χ4v) is 4.61. The number of ketones is 1. The van der Waals surface area contributed by atoms with Crippen LogP contribution in [0.2, 0.25) is 5.02 Å². The number of aromatic nitrogens is 1. The molecule has 3 amide bonds. The lowest BCUT2D eigenvalue weighted by atomic mass is 9.92. The Hall–Kier alpha value is -3.36. The Morgan fingerprint density at radius 2 is 1.94 bits per heavy atom. The minimum absolute atomic E-state index is 0.0496. The van der Waals surface area contributed by atoms with E-state index in [9.17, 15) is 14.4 Å². The average Bonchev–Trinajstić information content (AvgIpc) is 3.35. The van der Waals surface area contributed by atoms with Crippen molar-refractivity contribution in [2.24, 2.45) is 11.5 Å². The third-order valence-corrected chi connectivity index (χ3v) is 6.32. The first-order valence-corrected chi connectivity index (χ1v) is 11.1. The summed E-state index contributed by atoms with van der Waals surface area (Å²) in [7, 11) is 0. The fourth-order valence-electron chi connectivity index (χ4n) is 4.42. The van der Waals surface area contributed by atoms with E-state index in [1.165, 1.54) is 15.7 Å². The second-order valence-corrected chi connectivity index (χ2v) is 8.93. The van der Waals surface area contributed by atoms with Crippen LogP contribution < -0.4 is 16.8 Å². The third-order valence-electron chi connectivity index (χ3n) is 6.08. The van der Waals surface area contributed by atoms with Crippen LogP contribution in [0.5, 0.6) is 0 Å². The predicted molar refractivity (Wildman–Crippen MR) is 129 cm³/mol. The van der Waals surface area contributed by atoms with Crippen molar-refractivity contribution in [1.82, 2.24) is 9.47 Å². The smallest absolute Gasteiger partial charge is 0.323 e. The van der Waals surface area contributed by atoms with Gasteiger partial charge in [-0.2, -0.15) is 0 Å². The predicted octanol–water partition coefficient (Wildman–Crippen LogP) is 3.92. The van der Waals surface area contributed by atoms with Crippen molar-refractivity contribution in [2.75, 3.05) is 11.9 Å². The van der Waals surface area contributed by atoms with Gasteiger partial charge in [0.25, 0.3) is 0 Å². The van der Waals surface area contributed by atoms with E-state index >= 15 is 0 Å². The maximum atomic E-state index is 13.2. The second-order valence-electron chi connectivity index (χ2n) is 8.49. The lowest BCUT2D eigenvalue weighted by Gasteiger charge is -2.25. The molecule has 2 heterocycles. The van der Waals surface area contributed by atoms with Crippen LogP contribution in [0.4, 0.5) is 15.3 Å². The number of rotatable bonds is 5. The number of primary amides is 1. The fraction of sp³-hybridized carbons (Fsp3) is 0.292. The summed E-state index contributed by atoms with van der Waals surface area (Å²) in [5.74, 6) is -0.100. The number of amides is 3. The zero-order chi connectivity index (χ0) is 23.7. The summed E-state index contributed by atoms with van der Waals surface area (Å²) in [4.78, 5) is 39.6. The number of carbonyl (C=O) groups is 3. The van der Waals surface area contributed by atoms with Gasteiger partial charge in [-0.15, -0.1) is 0 Å². The minimum Gasteiger partial charge on any atom is -0.351 e. The van der Waals surface area contributed by atoms with Gasteiger partial charge in [-0.05, 0) is 36.1 Å². The second kappa shape index (κ2) is 9.25. The molecule has 0 bridgehead atoms. The quantitative estimate of drug-likeness (QED) is 0.526. The molecule has 1 aromatic heterocycles. The molecule has 1 aliphatic rings. The van der Waals surface area contributed by atoms with Gasteiger partial charge in [0, 0.05) is 35.6 Å². The highest BCUT2D eigenvalue weighted by atomic mass is 35.5. The van der Waals surface area contributed by atoms with Gasteiger partial charge in [0.2, 0.25) is 0 Å². The highest BCUT2D eigenvalue weighted by Gasteiger charge is 2.38. The number of anilines is 1. The number of urea groups is 1. The molecule has 0 unspecified atom stereocenters.